The van der Waals surface area contributed by atoms with E-state index in [0.29, 0.717) is 41.2 Å². The normalized spacial score (nSPS) is 14.2. The molecule has 0 N–H and O–H groups in total. The van der Waals surface area contributed by atoms with Gasteiger partial charge in [-0.2, -0.15) is 0 Å². The molecule has 9 heteroatoms. The molecule has 2 amide bonds. The Morgan fingerprint density at radius 1 is 1.21 bits per heavy atom. The van der Waals surface area contributed by atoms with E-state index in [9.17, 15) is 22.8 Å². The number of benzene rings is 2. The third kappa shape index (κ3) is 5.20. The van der Waals surface area contributed by atoms with Gasteiger partial charge in [-0.3, -0.25) is 9.59 Å². The molecule has 0 saturated carbocycles. The van der Waals surface area contributed by atoms with Gasteiger partial charge in [0.25, 0.3) is 5.91 Å². The molecule has 0 radical (unpaired) electrons. The van der Waals surface area contributed by atoms with Gasteiger partial charge in [-0.1, -0.05) is 23.7 Å². The van der Waals surface area contributed by atoms with E-state index in [2.05, 4.69) is 4.74 Å². The molecule has 1 saturated heterocycles. The number of hydrogen-bond donors (Lipinski definition) is 0. The lowest BCUT2D eigenvalue weighted by molar-refractivity contribution is -0.274. The maximum atomic E-state index is 13.0. The van der Waals surface area contributed by atoms with Crippen LogP contribution in [0.15, 0.2) is 42.5 Å². The Labute approximate surface area is 170 Å². The summed E-state index contributed by atoms with van der Waals surface area (Å²) in [5.41, 5.74) is 1.43. The van der Waals surface area contributed by atoms with E-state index in [1.807, 2.05) is 0 Å². The van der Waals surface area contributed by atoms with Crippen molar-refractivity contribution in [2.75, 3.05) is 18.5 Å². The second-order valence-corrected chi connectivity index (χ2v) is 7.10. The van der Waals surface area contributed by atoms with Gasteiger partial charge in [0.05, 0.1) is 11.3 Å². The highest BCUT2D eigenvalue weighted by Gasteiger charge is 2.31. The van der Waals surface area contributed by atoms with Gasteiger partial charge in [0.1, 0.15) is 5.75 Å². The molecule has 1 aliphatic heterocycles. The van der Waals surface area contributed by atoms with Crippen LogP contribution in [0.25, 0.3) is 0 Å². The van der Waals surface area contributed by atoms with Crippen LogP contribution < -0.4 is 9.64 Å². The molecule has 0 spiro atoms. The summed E-state index contributed by atoms with van der Waals surface area (Å²) in [7, 11) is 1.58. The van der Waals surface area contributed by atoms with E-state index in [1.165, 1.54) is 29.2 Å². The fourth-order valence-electron chi connectivity index (χ4n) is 3.16. The summed E-state index contributed by atoms with van der Waals surface area (Å²) in [5, 5.41) is 0.416. The number of halogens is 4. The second-order valence-electron chi connectivity index (χ2n) is 6.66. The third-order valence-electron chi connectivity index (χ3n) is 4.48. The minimum absolute atomic E-state index is 0.0655. The van der Waals surface area contributed by atoms with Crippen molar-refractivity contribution >= 4 is 29.1 Å². The minimum atomic E-state index is -4.76. The number of carbonyl (C=O) groups excluding carboxylic acids is 2. The first-order valence-electron chi connectivity index (χ1n) is 8.84. The summed E-state index contributed by atoms with van der Waals surface area (Å²) < 4.78 is 40.6. The van der Waals surface area contributed by atoms with Crippen LogP contribution in [0.4, 0.5) is 18.9 Å². The van der Waals surface area contributed by atoms with Crippen LogP contribution in [0, 0.1) is 0 Å². The fraction of sp³-hybridized carbons (Fsp3) is 0.300. The molecule has 3 rings (SSSR count). The second kappa shape index (κ2) is 8.32. The van der Waals surface area contributed by atoms with Gasteiger partial charge < -0.3 is 14.5 Å². The van der Waals surface area contributed by atoms with E-state index in [1.54, 1.807) is 30.1 Å². The Balaban J connectivity index is 1.76. The number of hydrogen-bond acceptors (Lipinski definition) is 3. The molecule has 0 atom stereocenters. The van der Waals surface area contributed by atoms with Crippen LogP contribution in [0.5, 0.6) is 5.75 Å². The van der Waals surface area contributed by atoms with Crippen molar-refractivity contribution in [3.05, 3.63) is 58.6 Å². The smallest absolute Gasteiger partial charge is 0.406 e. The average molecular weight is 427 g/mol. The zero-order chi connectivity index (χ0) is 21.2. The molecule has 1 aliphatic rings. The molecule has 1 heterocycles. The van der Waals surface area contributed by atoms with E-state index >= 15 is 0 Å². The Hall–Kier alpha value is -2.74. The predicted molar refractivity (Wildman–Crippen MR) is 102 cm³/mol. The van der Waals surface area contributed by atoms with Crippen molar-refractivity contribution in [3.8, 4) is 5.75 Å². The van der Waals surface area contributed by atoms with Gasteiger partial charge in [-0.15, -0.1) is 13.2 Å². The molecule has 154 valence electrons. The summed E-state index contributed by atoms with van der Waals surface area (Å²) in [4.78, 5) is 28.1. The van der Waals surface area contributed by atoms with Crippen LogP contribution in [-0.2, 0) is 11.3 Å². The van der Waals surface area contributed by atoms with Crippen molar-refractivity contribution in [1.82, 2.24) is 4.90 Å². The maximum Gasteiger partial charge on any atom is 0.573 e. The molecular weight excluding hydrogens is 409 g/mol. The molecule has 29 heavy (non-hydrogen) atoms. The van der Waals surface area contributed by atoms with Gasteiger partial charge >= 0.3 is 6.36 Å². The van der Waals surface area contributed by atoms with Gasteiger partial charge in [0.15, 0.2) is 0 Å². The molecule has 5 nitrogen and oxygen atoms in total. The SMILES string of the molecule is CN(Cc1ccc(OC(F)(F)F)cc1)C(=O)c1ccc(Cl)cc1N1CCCC1=O. The van der Waals surface area contributed by atoms with Gasteiger partial charge in [-0.25, -0.2) is 0 Å². The fourth-order valence-corrected chi connectivity index (χ4v) is 3.33. The van der Waals surface area contributed by atoms with Crippen molar-refractivity contribution in [2.45, 2.75) is 25.7 Å². The highest BCUT2D eigenvalue weighted by Crippen LogP contribution is 2.30. The lowest BCUT2D eigenvalue weighted by Crippen LogP contribution is -2.30. The average Bonchev–Trinajstić information content (AvgIpc) is 3.07. The summed E-state index contributed by atoms with van der Waals surface area (Å²) >= 11 is 6.06. The van der Waals surface area contributed by atoms with Gasteiger partial charge in [0, 0.05) is 31.6 Å². The first kappa shape index (κ1) is 21.0. The number of nitrogens with zero attached hydrogens (tertiary/aromatic N) is 2. The lowest BCUT2D eigenvalue weighted by Gasteiger charge is -2.23. The molecular formula is C20H18ClF3N2O3. The van der Waals surface area contributed by atoms with Crippen LogP contribution in [-0.4, -0.2) is 36.7 Å². The van der Waals surface area contributed by atoms with Crippen molar-refractivity contribution < 1.29 is 27.5 Å². The minimum Gasteiger partial charge on any atom is -0.406 e. The maximum absolute atomic E-state index is 13.0. The number of carbonyl (C=O) groups is 2. The van der Waals surface area contributed by atoms with Crippen molar-refractivity contribution in [1.29, 1.82) is 0 Å². The number of alkyl halides is 3. The highest BCUT2D eigenvalue weighted by atomic mass is 35.5. The largest absolute Gasteiger partial charge is 0.573 e. The number of amides is 2. The third-order valence-corrected chi connectivity index (χ3v) is 4.71. The zero-order valence-corrected chi connectivity index (χ0v) is 16.3. The summed E-state index contributed by atoms with van der Waals surface area (Å²) in [6.07, 6.45) is -3.63. The Morgan fingerprint density at radius 3 is 2.48 bits per heavy atom. The topological polar surface area (TPSA) is 49.9 Å². The summed E-state index contributed by atoms with van der Waals surface area (Å²) in [6.45, 7) is 0.685. The molecule has 1 fully saturated rings. The Bertz CT molecular complexity index is 916. The van der Waals surface area contributed by atoms with E-state index in [0.717, 1.165) is 0 Å². The molecule has 0 aliphatic carbocycles. The van der Waals surface area contributed by atoms with E-state index in [-0.39, 0.29) is 24.1 Å². The van der Waals surface area contributed by atoms with Gasteiger partial charge in [-0.05, 0) is 42.3 Å². The first-order valence-corrected chi connectivity index (χ1v) is 9.22. The standard InChI is InChI=1S/C20H18ClF3N2O3/c1-25(12-13-4-7-15(8-5-13)29-20(22,23)24)19(28)16-9-6-14(21)11-17(16)26-10-2-3-18(26)27/h4-9,11H,2-3,10,12H2,1H3. The number of rotatable bonds is 5. The lowest BCUT2D eigenvalue weighted by atomic mass is 10.1. The van der Waals surface area contributed by atoms with Crippen LogP contribution >= 0.6 is 11.6 Å². The monoisotopic (exact) mass is 426 g/mol. The van der Waals surface area contributed by atoms with Crippen molar-refractivity contribution in [3.63, 3.8) is 0 Å². The number of ether oxygens (including phenoxy) is 1. The van der Waals surface area contributed by atoms with Gasteiger partial charge in [0.2, 0.25) is 5.91 Å². The molecule has 0 unspecified atom stereocenters. The highest BCUT2D eigenvalue weighted by molar-refractivity contribution is 6.31. The Kier molecular flexibility index (Phi) is 6.02. The number of anilines is 1. The van der Waals surface area contributed by atoms with E-state index < -0.39 is 6.36 Å². The molecule has 2 aromatic rings. The Morgan fingerprint density at radius 2 is 1.90 bits per heavy atom. The van der Waals surface area contributed by atoms with Crippen LogP contribution in [0.1, 0.15) is 28.8 Å². The quantitative estimate of drug-likeness (QED) is 0.700. The van der Waals surface area contributed by atoms with Crippen molar-refractivity contribution in [2.24, 2.45) is 0 Å². The summed E-state index contributed by atoms with van der Waals surface area (Å²) in [6, 6.07) is 10.0. The zero-order valence-electron chi connectivity index (χ0n) is 15.5. The predicted octanol–water partition coefficient (Wildman–Crippen LogP) is 4.64. The summed E-state index contributed by atoms with van der Waals surface area (Å²) in [5.74, 6) is -0.723. The first-order chi connectivity index (χ1) is 13.6. The van der Waals surface area contributed by atoms with E-state index in [4.69, 9.17) is 11.6 Å². The van der Waals surface area contributed by atoms with Crippen LogP contribution in [0.2, 0.25) is 5.02 Å². The van der Waals surface area contributed by atoms with Crippen LogP contribution in [0.3, 0.4) is 0 Å². The molecule has 2 aromatic carbocycles. The molecule has 0 aromatic heterocycles. The molecule has 0 bridgehead atoms.